The van der Waals surface area contributed by atoms with Crippen LogP contribution in [0.2, 0.25) is 0 Å². The molecule has 0 aliphatic heterocycles. The minimum Gasteiger partial charge on any atom is -0.335 e. The lowest BCUT2D eigenvalue weighted by Crippen LogP contribution is -2.41. The predicted molar refractivity (Wildman–Crippen MR) is 61.0 cm³/mol. The number of nitriles is 1. The number of hydrogen-bond acceptors (Lipinski definition) is 3. The first-order chi connectivity index (χ1) is 7.54. The summed E-state index contributed by atoms with van der Waals surface area (Å²) in [6.07, 6.45) is 1.44. The van der Waals surface area contributed by atoms with Crippen LogP contribution in [0.25, 0.3) is 0 Å². The van der Waals surface area contributed by atoms with Crippen LogP contribution in [0.15, 0.2) is 18.3 Å². The minimum absolute atomic E-state index is 0.0772. The van der Waals surface area contributed by atoms with Gasteiger partial charge in [-0.2, -0.15) is 5.26 Å². The van der Waals surface area contributed by atoms with Gasteiger partial charge in [-0.15, -0.1) is 0 Å². The molecule has 0 radical (unpaired) electrons. The van der Waals surface area contributed by atoms with Crippen molar-refractivity contribution in [2.75, 3.05) is 11.9 Å². The summed E-state index contributed by atoms with van der Waals surface area (Å²) in [5.74, 6) is 0.511. The van der Waals surface area contributed by atoms with E-state index in [0.717, 1.165) is 0 Å². The van der Waals surface area contributed by atoms with E-state index < -0.39 is 0 Å². The highest BCUT2D eigenvalue weighted by atomic mass is 16.2. The lowest BCUT2D eigenvalue weighted by Gasteiger charge is -2.18. The number of rotatable bonds is 2. The second-order valence-electron chi connectivity index (χ2n) is 3.68. The molecule has 1 aromatic heterocycles. The normalized spacial score (nSPS) is 9.69. The van der Waals surface area contributed by atoms with E-state index in [2.05, 4.69) is 10.3 Å². The van der Waals surface area contributed by atoms with Crippen LogP contribution in [0.4, 0.5) is 10.6 Å². The zero-order valence-electron chi connectivity index (χ0n) is 9.56. The molecule has 0 saturated carbocycles. The van der Waals surface area contributed by atoms with Gasteiger partial charge in [0.2, 0.25) is 0 Å². The Morgan fingerprint density at radius 2 is 2.25 bits per heavy atom. The maximum atomic E-state index is 11.6. The fourth-order valence-corrected chi connectivity index (χ4v) is 1.10. The second-order valence-corrected chi connectivity index (χ2v) is 3.68. The highest BCUT2D eigenvalue weighted by Gasteiger charge is 2.12. The topological polar surface area (TPSA) is 69.0 Å². The third-order valence-electron chi connectivity index (χ3n) is 1.94. The Morgan fingerprint density at radius 1 is 1.56 bits per heavy atom. The Hall–Kier alpha value is -2.09. The molecule has 2 amide bonds. The van der Waals surface area contributed by atoms with Crippen molar-refractivity contribution < 1.29 is 4.79 Å². The summed E-state index contributed by atoms with van der Waals surface area (Å²) in [6, 6.07) is 5.10. The molecule has 5 heteroatoms. The van der Waals surface area contributed by atoms with Crippen LogP contribution >= 0.6 is 0 Å². The summed E-state index contributed by atoms with van der Waals surface area (Å²) in [4.78, 5) is 17.0. The van der Waals surface area contributed by atoms with Gasteiger partial charge >= 0.3 is 6.03 Å². The van der Waals surface area contributed by atoms with Gasteiger partial charge in [0, 0.05) is 19.3 Å². The van der Waals surface area contributed by atoms with Crippen LogP contribution in [0.1, 0.15) is 19.4 Å². The molecule has 0 atom stereocenters. The van der Waals surface area contributed by atoms with Gasteiger partial charge in [0.1, 0.15) is 11.9 Å². The third-order valence-corrected chi connectivity index (χ3v) is 1.94. The molecule has 1 aromatic rings. The number of nitrogens with one attached hydrogen (secondary N) is 1. The molecule has 1 heterocycles. The second kappa shape index (κ2) is 5.12. The largest absolute Gasteiger partial charge is 0.335 e. The predicted octanol–water partition coefficient (Wildman–Crippen LogP) is 1.51. The summed E-state index contributed by atoms with van der Waals surface area (Å²) in [6.45, 7) is 3.77. The number of anilines is 1. The lowest BCUT2D eigenvalue weighted by molar-refractivity contribution is 0.245. The van der Waals surface area contributed by atoms with Gasteiger partial charge < -0.3 is 5.32 Å². The Labute approximate surface area is 94.7 Å². The van der Waals surface area contributed by atoms with Crippen LogP contribution < -0.4 is 10.2 Å². The summed E-state index contributed by atoms with van der Waals surface area (Å²) in [7, 11) is 1.63. The SMILES string of the molecule is CC(C)NC(=O)N(C)c1ccc(C#N)cn1. The molecule has 0 bridgehead atoms. The van der Waals surface area contributed by atoms with Gasteiger partial charge in [-0.1, -0.05) is 0 Å². The molecular formula is C11H14N4O. The van der Waals surface area contributed by atoms with Gasteiger partial charge in [0.05, 0.1) is 5.56 Å². The first-order valence-corrected chi connectivity index (χ1v) is 4.95. The van der Waals surface area contributed by atoms with Crippen LogP contribution in [0, 0.1) is 11.3 Å². The molecule has 0 saturated heterocycles. The number of pyridine rings is 1. The van der Waals surface area contributed by atoms with Gasteiger partial charge in [-0.05, 0) is 26.0 Å². The molecule has 0 spiro atoms. The third kappa shape index (κ3) is 2.95. The molecule has 0 fully saturated rings. The van der Waals surface area contributed by atoms with E-state index >= 15 is 0 Å². The van der Waals surface area contributed by atoms with Crippen molar-refractivity contribution in [2.24, 2.45) is 0 Å². The molecule has 5 nitrogen and oxygen atoms in total. The van der Waals surface area contributed by atoms with E-state index in [0.29, 0.717) is 11.4 Å². The number of amides is 2. The molecule has 16 heavy (non-hydrogen) atoms. The number of carbonyl (C=O) groups excluding carboxylic acids is 1. The Kier molecular flexibility index (Phi) is 3.84. The van der Waals surface area contributed by atoms with Crippen LogP contribution in [-0.4, -0.2) is 24.1 Å². The minimum atomic E-state index is -0.216. The van der Waals surface area contributed by atoms with Crippen molar-refractivity contribution in [1.82, 2.24) is 10.3 Å². The fourth-order valence-electron chi connectivity index (χ4n) is 1.10. The van der Waals surface area contributed by atoms with E-state index in [-0.39, 0.29) is 12.1 Å². The first-order valence-electron chi connectivity index (χ1n) is 4.95. The average Bonchev–Trinajstić information content (AvgIpc) is 2.27. The maximum absolute atomic E-state index is 11.6. The van der Waals surface area contributed by atoms with E-state index in [1.165, 1.54) is 11.1 Å². The first kappa shape index (κ1) is 12.0. The molecule has 84 valence electrons. The molecule has 0 aromatic carbocycles. The quantitative estimate of drug-likeness (QED) is 0.818. The number of urea groups is 1. The van der Waals surface area contributed by atoms with Crippen molar-refractivity contribution in [1.29, 1.82) is 5.26 Å². The summed E-state index contributed by atoms with van der Waals surface area (Å²) >= 11 is 0. The van der Waals surface area contributed by atoms with E-state index in [1.807, 2.05) is 19.9 Å². The van der Waals surface area contributed by atoms with Crippen LogP contribution in [-0.2, 0) is 0 Å². The Bertz CT molecular complexity index is 405. The van der Waals surface area contributed by atoms with Crippen molar-refractivity contribution in [3.63, 3.8) is 0 Å². The van der Waals surface area contributed by atoms with Gasteiger partial charge in [-0.25, -0.2) is 9.78 Å². The molecule has 1 N–H and O–H groups in total. The lowest BCUT2D eigenvalue weighted by atomic mass is 10.3. The zero-order valence-corrected chi connectivity index (χ0v) is 9.56. The number of nitrogens with zero attached hydrogens (tertiary/aromatic N) is 3. The van der Waals surface area contributed by atoms with Crippen molar-refractivity contribution >= 4 is 11.8 Å². The Balaban J connectivity index is 2.76. The van der Waals surface area contributed by atoms with E-state index in [4.69, 9.17) is 5.26 Å². The zero-order chi connectivity index (χ0) is 12.1. The summed E-state index contributed by atoms with van der Waals surface area (Å²) < 4.78 is 0. The molecule has 0 aliphatic rings. The summed E-state index contributed by atoms with van der Waals surface area (Å²) in [5, 5.41) is 11.4. The van der Waals surface area contributed by atoms with Crippen LogP contribution in [0.3, 0.4) is 0 Å². The maximum Gasteiger partial charge on any atom is 0.322 e. The van der Waals surface area contributed by atoms with Crippen molar-refractivity contribution in [3.05, 3.63) is 23.9 Å². The van der Waals surface area contributed by atoms with Gasteiger partial charge in [-0.3, -0.25) is 4.90 Å². The van der Waals surface area contributed by atoms with Crippen molar-refractivity contribution in [3.8, 4) is 6.07 Å². The van der Waals surface area contributed by atoms with E-state index in [9.17, 15) is 4.79 Å². The molecule has 1 rings (SSSR count). The standard InChI is InChI=1S/C11H14N4O/c1-8(2)14-11(16)15(3)10-5-4-9(6-12)7-13-10/h4-5,7-8H,1-3H3,(H,14,16). The molecular weight excluding hydrogens is 204 g/mol. The summed E-state index contributed by atoms with van der Waals surface area (Å²) in [5.41, 5.74) is 0.474. The Morgan fingerprint density at radius 3 is 2.69 bits per heavy atom. The number of aromatic nitrogens is 1. The van der Waals surface area contributed by atoms with Gasteiger partial charge in [0.15, 0.2) is 0 Å². The average molecular weight is 218 g/mol. The smallest absolute Gasteiger partial charge is 0.322 e. The number of carbonyl (C=O) groups is 1. The monoisotopic (exact) mass is 218 g/mol. The number of hydrogen-bond donors (Lipinski definition) is 1. The van der Waals surface area contributed by atoms with Crippen molar-refractivity contribution in [2.45, 2.75) is 19.9 Å². The van der Waals surface area contributed by atoms with E-state index in [1.54, 1.807) is 19.2 Å². The molecule has 0 unspecified atom stereocenters. The highest BCUT2D eigenvalue weighted by molar-refractivity contribution is 5.90. The highest BCUT2D eigenvalue weighted by Crippen LogP contribution is 2.09. The molecule has 0 aliphatic carbocycles. The van der Waals surface area contributed by atoms with Crippen LogP contribution in [0.5, 0.6) is 0 Å². The fraction of sp³-hybridized carbons (Fsp3) is 0.364. The van der Waals surface area contributed by atoms with Gasteiger partial charge in [0.25, 0.3) is 0 Å².